The SMILES string of the molecule is CCOC(=O)c1csc(C2CCN(C(=O)O)CC2)n1. The Balaban J connectivity index is 1.97. The molecule has 0 atom stereocenters. The van der Waals surface area contributed by atoms with E-state index in [0.717, 1.165) is 17.8 Å². The number of thiazole rings is 1. The number of amides is 1. The van der Waals surface area contributed by atoms with Gasteiger partial charge in [-0.1, -0.05) is 0 Å². The van der Waals surface area contributed by atoms with Gasteiger partial charge < -0.3 is 14.7 Å². The molecule has 1 aromatic rings. The molecule has 0 aromatic carbocycles. The van der Waals surface area contributed by atoms with Gasteiger partial charge in [-0.3, -0.25) is 0 Å². The Kier molecular flexibility index (Phi) is 4.36. The van der Waals surface area contributed by atoms with Crippen LogP contribution < -0.4 is 0 Å². The van der Waals surface area contributed by atoms with E-state index in [9.17, 15) is 9.59 Å². The number of carboxylic acid groups (broad SMARTS) is 1. The average molecular weight is 284 g/mol. The van der Waals surface area contributed by atoms with E-state index in [0.29, 0.717) is 25.4 Å². The van der Waals surface area contributed by atoms with Crippen molar-refractivity contribution < 1.29 is 19.4 Å². The number of nitrogens with zero attached hydrogens (tertiary/aromatic N) is 2. The molecule has 0 radical (unpaired) electrons. The van der Waals surface area contributed by atoms with Gasteiger partial charge in [0.05, 0.1) is 11.6 Å². The van der Waals surface area contributed by atoms with Gasteiger partial charge in [-0.2, -0.15) is 0 Å². The summed E-state index contributed by atoms with van der Waals surface area (Å²) in [5, 5.41) is 11.5. The monoisotopic (exact) mass is 284 g/mol. The number of hydrogen-bond acceptors (Lipinski definition) is 5. The molecule has 0 saturated carbocycles. The van der Waals surface area contributed by atoms with E-state index in [4.69, 9.17) is 9.84 Å². The third kappa shape index (κ3) is 3.23. The number of esters is 1. The van der Waals surface area contributed by atoms with Gasteiger partial charge in [0.15, 0.2) is 5.69 Å². The molecule has 0 aliphatic carbocycles. The molecule has 0 spiro atoms. The molecular formula is C12H16N2O4S. The van der Waals surface area contributed by atoms with E-state index in [-0.39, 0.29) is 5.92 Å². The van der Waals surface area contributed by atoms with Crippen molar-refractivity contribution in [2.24, 2.45) is 0 Å². The molecule has 7 heteroatoms. The highest BCUT2D eigenvalue weighted by Gasteiger charge is 2.26. The number of rotatable bonds is 3. The van der Waals surface area contributed by atoms with Crippen LogP contribution in [-0.4, -0.2) is 46.7 Å². The molecule has 1 saturated heterocycles. The molecule has 1 fully saturated rings. The normalized spacial score (nSPS) is 16.4. The van der Waals surface area contributed by atoms with Crippen molar-refractivity contribution in [3.05, 3.63) is 16.1 Å². The maximum atomic E-state index is 11.5. The van der Waals surface area contributed by atoms with Crippen molar-refractivity contribution in [2.75, 3.05) is 19.7 Å². The third-order valence-corrected chi connectivity index (χ3v) is 4.13. The Morgan fingerprint density at radius 3 is 2.79 bits per heavy atom. The minimum Gasteiger partial charge on any atom is -0.465 e. The molecule has 6 nitrogen and oxygen atoms in total. The van der Waals surface area contributed by atoms with E-state index in [1.165, 1.54) is 16.2 Å². The van der Waals surface area contributed by atoms with Gasteiger partial charge in [-0.25, -0.2) is 14.6 Å². The summed E-state index contributed by atoms with van der Waals surface area (Å²) >= 11 is 1.44. The first-order chi connectivity index (χ1) is 9.11. The van der Waals surface area contributed by atoms with Crippen molar-refractivity contribution in [1.82, 2.24) is 9.88 Å². The van der Waals surface area contributed by atoms with Gasteiger partial charge in [0.1, 0.15) is 0 Å². The Hall–Kier alpha value is -1.63. The van der Waals surface area contributed by atoms with Crippen LogP contribution in [0.25, 0.3) is 0 Å². The molecule has 104 valence electrons. The van der Waals surface area contributed by atoms with Crippen molar-refractivity contribution in [3.63, 3.8) is 0 Å². The summed E-state index contributed by atoms with van der Waals surface area (Å²) in [6.45, 7) is 3.14. The van der Waals surface area contributed by atoms with Crippen molar-refractivity contribution in [3.8, 4) is 0 Å². The van der Waals surface area contributed by atoms with E-state index in [1.54, 1.807) is 12.3 Å². The smallest absolute Gasteiger partial charge is 0.407 e. The van der Waals surface area contributed by atoms with Crippen molar-refractivity contribution >= 4 is 23.4 Å². The first kappa shape index (κ1) is 13.8. The van der Waals surface area contributed by atoms with Crippen LogP contribution in [-0.2, 0) is 4.74 Å². The van der Waals surface area contributed by atoms with Crippen LogP contribution in [0.3, 0.4) is 0 Å². The summed E-state index contributed by atoms with van der Waals surface area (Å²) in [6, 6.07) is 0. The number of carbonyl (C=O) groups excluding carboxylic acids is 1. The Morgan fingerprint density at radius 2 is 2.21 bits per heavy atom. The first-order valence-electron chi connectivity index (χ1n) is 6.22. The summed E-state index contributed by atoms with van der Waals surface area (Å²) in [5.74, 6) is -0.156. The second kappa shape index (κ2) is 6.01. The summed E-state index contributed by atoms with van der Waals surface area (Å²) in [4.78, 5) is 28.0. The molecule has 2 rings (SSSR count). The summed E-state index contributed by atoms with van der Waals surface area (Å²) < 4.78 is 4.90. The van der Waals surface area contributed by atoms with Crippen LogP contribution in [0.15, 0.2) is 5.38 Å². The second-order valence-corrected chi connectivity index (χ2v) is 5.23. The van der Waals surface area contributed by atoms with Crippen LogP contribution in [0.5, 0.6) is 0 Å². The predicted molar refractivity (Wildman–Crippen MR) is 69.6 cm³/mol. The van der Waals surface area contributed by atoms with E-state index < -0.39 is 12.1 Å². The molecule has 0 unspecified atom stereocenters. The quantitative estimate of drug-likeness (QED) is 0.860. The van der Waals surface area contributed by atoms with E-state index in [1.807, 2.05) is 0 Å². The van der Waals surface area contributed by atoms with E-state index >= 15 is 0 Å². The summed E-state index contributed by atoms with van der Waals surface area (Å²) in [6.07, 6.45) is 0.634. The summed E-state index contributed by atoms with van der Waals surface area (Å²) in [5.41, 5.74) is 0.350. The molecule has 1 N–H and O–H groups in total. The summed E-state index contributed by atoms with van der Waals surface area (Å²) in [7, 11) is 0. The molecule has 1 aromatic heterocycles. The molecule has 19 heavy (non-hydrogen) atoms. The average Bonchev–Trinajstić information content (AvgIpc) is 2.89. The second-order valence-electron chi connectivity index (χ2n) is 4.34. The Morgan fingerprint density at radius 1 is 1.53 bits per heavy atom. The van der Waals surface area contributed by atoms with Crippen LogP contribution >= 0.6 is 11.3 Å². The fraction of sp³-hybridized carbons (Fsp3) is 0.583. The molecule has 1 aliphatic rings. The third-order valence-electron chi connectivity index (χ3n) is 3.12. The number of carbonyl (C=O) groups is 2. The van der Waals surface area contributed by atoms with Crippen LogP contribution in [0.4, 0.5) is 4.79 Å². The van der Waals surface area contributed by atoms with Gasteiger partial charge in [-0.15, -0.1) is 11.3 Å². The largest absolute Gasteiger partial charge is 0.465 e. The maximum absolute atomic E-state index is 11.5. The van der Waals surface area contributed by atoms with Gasteiger partial charge in [-0.05, 0) is 19.8 Å². The molecule has 2 heterocycles. The lowest BCUT2D eigenvalue weighted by Crippen LogP contribution is -2.36. The molecular weight excluding hydrogens is 268 g/mol. The van der Waals surface area contributed by atoms with Gasteiger partial charge >= 0.3 is 12.1 Å². The minimum atomic E-state index is -0.871. The lowest BCUT2D eigenvalue weighted by molar-refractivity contribution is 0.0520. The number of ether oxygens (including phenoxy) is 1. The number of hydrogen-bond donors (Lipinski definition) is 1. The Labute approximate surface area is 115 Å². The molecule has 1 aliphatic heterocycles. The minimum absolute atomic E-state index is 0.240. The number of likely N-dealkylation sites (tertiary alicyclic amines) is 1. The lowest BCUT2D eigenvalue weighted by Gasteiger charge is -2.28. The zero-order valence-electron chi connectivity index (χ0n) is 10.7. The highest BCUT2D eigenvalue weighted by molar-refractivity contribution is 7.09. The highest BCUT2D eigenvalue weighted by Crippen LogP contribution is 2.30. The molecule has 0 bridgehead atoms. The lowest BCUT2D eigenvalue weighted by atomic mass is 9.98. The molecule has 1 amide bonds. The van der Waals surface area contributed by atoms with Gasteiger partial charge in [0.25, 0.3) is 0 Å². The van der Waals surface area contributed by atoms with Crippen LogP contribution in [0.1, 0.15) is 41.2 Å². The van der Waals surface area contributed by atoms with Crippen LogP contribution in [0, 0.1) is 0 Å². The highest BCUT2D eigenvalue weighted by atomic mass is 32.1. The predicted octanol–water partition coefficient (Wildman–Crippen LogP) is 2.18. The topological polar surface area (TPSA) is 79.7 Å². The fourth-order valence-corrected chi connectivity index (χ4v) is 3.05. The van der Waals surface area contributed by atoms with Crippen LogP contribution in [0.2, 0.25) is 0 Å². The maximum Gasteiger partial charge on any atom is 0.407 e. The van der Waals surface area contributed by atoms with Crippen molar-refractivity contribution in [2.45, 2.75) is 25.7 Å². The number of piperidine rings is 1. The Bertz CT molecular complexity index is 466. The van der Waals surface area contributed by atoms with Gasteiger partial charge in [0.2, 0.25) is 0 Å². The van der Waals surface area contributed by atoms with Crippen molar-refractivity contribution in [1.29, 1.82) is 0 Å². The number of aromatic nitrogens is 1. The van der Waals surface area contributed by atoms with E-state index in [2.05, 4.69) is 4.98 Å². The zero-order chi connectivity index (χ0) is 13.8. The van der Waals surface area contributed by atoms with Gasteiger partial charge in [0, 0.05) is 24.4 Å². The standard InChI is InChI=1S/C12H16N2O4S/c1-2-18-11(15)9-7-19-10(13-9)8-3-5-14(6-4-8)12(16)17/h7-8H,2-6H2,1H3,(H,16,17). The zero-order valence-corrected chi connectivity index (χ0v) is 11.5. The fourth-order valence-electron chi connectivity index (χ4n) is 2.09. The first-order valence-corrected chi connectivity index (χ1v) is 7.10.